The molecular weight excluding hydrogens is 419 g/mol. The molecule has 10 heteroatoms. The molecule has 0 bridgehead atoms. The number of rotatable bonds is 6. The Kier molecular flexibility index (Phi) is 6.37. The fraction of sp³-hybridized carbons (Fsp3) is 0.200. The molecule has 0 N–H and O–H groups in total. The maximum atomic E-state index is 13.9. The first-order valence-electron chi connectivity index (χ1n) is 8.77. The second kappa shape index (κ2) is 8.97. The zero-order chi connectivity index (χ0) is 21.7. The molecular formula is C20H15ClF3N5O. The number of amides is 1. The van der Waals surface area contributed by atoms with E-state index in [2.05, 4.69) is 10.1 Å². The van der Waals surface area contributed by atoms with E-state index >= 15 is 0 Å². The summed E-state index contributed by atoms with van der Waals surface area (Å²) >= 11 is 5.81. The van der Waals surface area contributed by atoms with Crippen molar-refractivity contribution in [3.05, 3.63) is 76.8 Å². The molecule has 0 spiro atoms. The van der Waals surface area contributed by atoms with Crippen LogP contribution in [0, 0.1) is 11.3 Å². The van der Waals surface area contributed by atoms with Crippen molar-refractivity contribution in [2.24, 2.45) is 0 Å². The van der Waals surface area contributed by atoms with Crippen molar-refractivity contribution < 1.29 is 18.0 Å². The van der Waals surface area contributed by atoms with Crippen LogP contribution < -0.4 is 0 Å². The molecule has 3 aromatic rings. The second-order valence-electron chi connectivity index (χ2n) is 6.29. The minimum Gasteiger partial charge on any atom is -0.333 e. The molecule has 30 heavy (non-hydrogen) atoms. The first-order valence-corrected chi connectivity index (χ1v) is 9.15. The van der Waals surface area contributed by atoms with Crippen LogP contribution in [0.3, 0.4) is 0 Å². The van der Waals surface area contributed by atoms with Gasteiger partial charge in [-0.2, -0.15) is 23.5 Å². The molecule has 0 saturated heterocycles. The summed E-state index contributed by atoms with van der Waals surface area (Å²) in [5.74, 6) is -0.873. The normalized spacial score (nSPS) is 11.2. The zero-order valence-electron chi connectivity index (χ0n) is 15.5. The summed E-state index contributed by atoms with van der Waals surface area (Å²) in [5, 5.41) is 13.0. The van der Waals surface area contributed by atoms with Crippen LogP contribution in [0.4, 0.5) is 13.2 Å². The third-order valence-corrected chi connectivity index (χ3v) is 4.47. The average Bonchev–Trinajstić information content (AvgIpc) is 3.17. The molecule has 0 aliphatic heterocycles. The minimum absolute atomic E-state index is 0.0117. The van der Waals surface area contributed by atoms with Crippen molar-refractivity contribution in [2.75, 3.05) is 6.54 Å². The quantitative estimate of drug-likeness (QED) is 0.573. The number of nitriles is 1. The Hall–Kier alpha value is -3.38. The van der Waals surface area contributed by atoms with E-state index < -0.39 is 23.3 Å². The Labute approximate surface area is 175 Å². The van der Waals surface area contributed by atoms with Crippen molar-refractivity contribution in [3.63, 3.8) is 0 Å². The van der Waals surface area contributed by atoms with Crippen LogP contribution in [-0.4, -0.2) is 32.1 Å². The lowest BCUT2D eigenvalue weighted by molar-refractivity contribution is -0.143. The molecule has 154 valence electrons. The van der Waals surface area contributed by atoms with Crippen LogP contribution in [0.2, 0.25) is 5.02 Å². The molecule has 0 fully saturated rings. The van der Waals surface area contributed by atoms with Gasteiger partial charge < -0.3 is 4.90 Å². The van der Waals surface area contributed by atoms with E-state index in [0.717, 1.165) is 6.20 Å². The Morgan fingerprint density at radius 3 is 2.53 bits per heavy atom. The number of aromatic nitrogens is 3. The van der Waals surface area contributed by atoms with Crippen LogP contribution in [0.5, 0.6) is 0 Å². The van der Waals surface area contributed by atoms with Crippen molar-refractivity contribution in [3.8, 4) is 11.8 Å². The number of pyridine rings is 1. The number of hydrogen-bond acceptors (Lipinski definition) is 4. The topological polar surface area (TPSA) is 74.8 Å². The van der Waals surface area contributed by atoms with E-state index in [1.165, 1.54) is 35.4 Å². The summed E-state index contributed by atoms with van der Waals surface area (Å²) in [4.78, 5) is 18.2. The van der Waals surface area contributed by atoms with Gasteiger partial charge in [-0.15, -0.1) is 0 Å². The summed E-state index contributed by atoms with van der Waals surface area (Å²) < 4.78 is 42.3. The zero-order valence-corrected chi connectivity index (χ0v) is 16.2. The molecule has 2 heterocycles. The fourth-order valence-corrected chi connectivity index (χ4v) is 3.00. The second-order valence-corrected chi connectivity index (χ2v) is 6.73. The fourth-order valence-electron chi connectivity index (χ4n) is 2.88. The summed E-state index contributed by atoms with van der Waals surface area (Å²) in [5.41, 5.74) is -1.05. The molecule has 0 saturated carbocycles. The number of carbonyl (C=O) groups excluding carboxylic acids is 1. The van der Waals surface area contributed by atoms with Gasteiger partial charge in [0.15, 0.2) is 5.69 Å². The number of alkyl halides is 3. The van der Waals surface area contributed by atoms with E-state index in [4.69, 9.17) is 16.9 Å². The van der Waals surface area contributed by atoms with Gasteiger partial charge in [0.25, 0.3) is 5.91 Å². The number of nitrogens with zero attached hydrogens (tertiary/aromatic N) is 5. The molecule has 6 nitrogen and oxygen atoms in total. The molecule has 0 radical (unpaired) electrons. The number of halogens is 4. The number of benzene rings is 1. The largest absolute Gasteiger partial charge is 0.434 e. The van der Waals surface area contributed by atoms with E-state index in [1.807, 2.05) is 6.07 Å². The molecule has 0 aliphatic carbocycles. The Morgan fingerprint density at radius 1 is 1.20 bits per heavy atom. The smallest absolute Gasteiger partial charge is 0.333 e. The van der Waals surface area contributed by atoms with E-state index in [9.17, 15) is 18.0 Å². The van der Waals surface area contributed by atoms with Crippen molar-refractivity contribution >= 4 is 17.5 Å². The molecule has 1 aromatic carbocycles. The summed E-state index contributed by atoms with van der Waals surface area (Å²) in [6.07, 6.45) is -0.922. The lowest BCUT2D eigenvalue weighted by Gasteiger charge is -2.22. The van der Waals surface area contributed by atoms with Gasteiger partial charge in [-0.25, -0.2) is 4.68 Å². The lowest BCUT2D eigenvalue weighted by atomic mass is 10.1. The minimum atomic E-state index is -4.84. The van der Waals surface area contributed by atoms with Crippen molar-refractivity contribution in [2.45, 2.75) is 19.1 Å². The highest BCUT2D eigenvalue weighted by Crippen LogP contribution is 2.34. The molecule has 2 aromatic heterocycles. The number of hydrogen-bond donors (Lipinski definition) is 0. The predicted molar refractivity (Wildman–Crippen MR) is 103 cm³/mol. The third kappa shape index (κ3) is 4.78. The molecule has 1 amide bonds. The van der Waals surface area contributed by atoms with Crippen LogP contribution in [0.25, 0.3) is 5.69 Å². The van der Waals surface area contributed by atoms with Gasteiger partial charge in [0.1, 0.15) is 0 Å². The van der Waals surface area contributed by atoms with Crippen molar-refractivity contribution in [1.82, 2.24) is 19.7 Å². The summed E-state index contributed by atoms with van der Waals surface area (Å²) in [6, 6.07) is 10.9. The van der Waals surface area contributed by atoms with Crippen LogP contribution in [0.15, 0.2) is 55.0 Å². The standard InChI is InChI=1S/C20H15ClF3N5O/c21-15-4-6-16(7-5-15)29-18(20(22,23)24)17(12-27-29)19(30)28(10-2-8-25)13-14-3-1-9-26-11-14/h1,3-7,9,11-12H,2,10,13H2. The highest BCUT2D eigenvalue weighted by atomic mass is 35.5. The van der Waals surface area contributed by atoms with Crippen molar-refractivity contribution in [1.29, 1.82) is 5.26 Å². The molecule has 3 rings (SSSR count). The Balaban J connectivity index is 2.02. The molecule has 0 unspecified atom stereocenters. The van der Waals surface area contributed by atoms with Gasteiger partial charge in [-0.1, -0.05) is 17.7 Å². The SMILES string of the molecule is N#CCCN(Cc1cccnc1)C(=O)c1cnn(-c2ccc(Cl)cc2)c1C(F)(F)F. The molecule has 0 aliphatic rings. The van der Waals surface area contributed by atoms with E-state index in [1.54, 1.807) is 18.3 Å². The van der Waals surface area contributed by atoms with Gasteiger partial charge in [-0.3, -0.25) is 9.78 Å². The van der Waals surface area contributed by atoms with Crippen LogP contribution in [0.1, 0.15) is 28.0 Å². The lowest BCUT2D eigenvalue weighted by Crippen LogP contribution is -2.33. The Morgan fingerprint density at radius 2 is 1.93 bits per heavy atom. The Bertz CT molecular complexity index is 1060. The maximum Gasteiger partial charge on any atom is 0.434 e. The van der Waals surface area contributed by atoms with Crippen LogP contribution >= 0.6 is 11.6 Å². The highest BCUT2D eigenvalue weighted by Gasteiger charge is 2.41. The average molecular weight is 434 g/mol. The monoisotopic (exact) mass is 433 g/mol. The highest BCUT2D eigenvalue weighted by molar-refractivity contribution is 6.30. The van der Waals surface area contributed by atoms with E-state index in [0.29, 0.717) is 15.3 Å². The summed E-state index contributed by atoms with van der Waals surface area (Å²) in [6.45, 7) is -0.0224. The van der Waals surface area contributed by atoms with Gasteiger partial charge in [0, 0.05) is 30.5 Å². The van der Waals surface area contributed by atoms with Gasteiger partial charge in [0.2, 0.25) is 0 Å². The maximum absolute atomic E-state index is 13.9. The summed E-state index contributed by atoms with van der Waals surface area (Å²) in [7, 11) is 0. The van der Waals surface area contributed by atoms with Crippen LogP contribution in [-0.2, 0) is 12.7 Å². The number of carbonyl (C=O) groups is 1. The van der Waals surface area contributed by atoms with Gasteiger partial charge in [0.05, 0.1) is 29.9 Å². The molecule has 0 atom stereocenters. The van der Waals surface area contributed by atoms with Gasteiger partial charge in [-0.05, 0) is 35.9 Å². The predicted octanol–water partition coefficient (Wildman–Crippen LogP) is 4.50. The first kappa shape index (κ1) is 21.3. The first-order chi connectivity index (χ1) is 14.3. The van der Waals surface area contributed by atoms with E-state index in [-0.39, 0.29) is 25.2 Å². The van der Waals surface area contributed by atoms with Gasteiger partial charge >= 0.3 is 6.18 Å². The third-order valence-electron chi connectivity index (χ3n) is 4.22.